The number of rotatable bonds is 5. The molecule has 1 amide bonds. The van der Waals surface area contributed by atoms with Gasteiger partial charge in [-0.1, -0.05) is 35.3 Å². The summed E-state index contributed by atoms with van der Waals surface area (Å²) in [5.74, 6) is 1.32. The molecule has 0 aliphatic carbocycles. The van der Waals surface area contributed by atoms with Crippen molar-refractivity contribution in [1.29, 1.82) is 0 Å². The Bertz CT molecular complexity index is 1600. The van der Waals surface area contributed by atoms with E-state index in [0.717, 1.165) is 33.4 Å². The second-order valence-corrected chi connectivity index (χ2v) is 9.01. The standard InChI is InChI=1S/C28H20Cl2N2O3/c1-16-3-10-26-24(13-16)32-28(35-26)22-15-19(6-4-17(22)2)31-27(33)12-8-20-7-11-25(34-20)21-9-5-18(29)14-23(21)30/h3-15H,1-2H3,(H,31,33)/b12-8+. The van der Waals surface area contributed by atoms with Crippen LogP contribution in [0.25, 0.3) is 40.0 Å². The molecule has 0 spiro atoms. The zero-order valence-electron chi connectivity index (χ0n) is 18.9. The van der Waals surface area contributed by atoms with E-state index in [1.54, 1.807) is 36.4 Å². The molecule has 5 aromatic rings. The lowest BCUT2D eigenvalue weighted by Gasteiger charge is -2.06. The van der Waals surface area contributed by atoms with Crippen molar-refractivity contribution in [1.82, 2.24) is 4.98 Å². The van der Waals surface area contributed by atoms with Crippen molar-refractivity contribution in [3.8, 4) is 22.8 Å². The highest BCUT2D eigenvalue weighted by Crippen LogP contribution is 2.32. The molecule has 0 unspecified atom stereocenters. The number of oxazole rings is 1. The van der Waals surface area contributed by atoms with Gasteiger partial charge in [0.05, 0.1) is 5.02 Å². The van der Waals surface area contributed by atoms with Gasteiger partial charge in [-0.25, -0.2) is 4.98 Å². The summed E-state index contributed by atoms with van der Waals surface area (Å²) in [7, 11) is 0. The molecule has 0 radical (unpaired) electrons. The molecule has 0 atom stereocenters. The third-order valence-corrected chi connectivity index (χ3v) is 6.05. The van der Waals surface area contributed by atoms with Gasteiger partial charge < -0.3 is 14.2 Å². The highest BCUT2D eigenvalue weighted by Gasteiger charge is 2.13. The van der Waals surface area contributed by atoms with Crippen molar-refractivity contribution in [2.24, 2.45) is 0 Å². The summed E-state index contributed by atoms with van der Waals surface area (Å²) in [6, 6.07) is 20.2. The maximum absolute atomic E-state index is 12.6. The van der Waals surface area contributed by atoms with Crippen molar-refractivity contribution in [3.05, 3.63) is 99.7 Å². The van der Waals surface area contributed by atoms with E-state index in [-0.39, 0.29) is 5.91 Å². The Balaban J connectivity index is 1.32. The number of amides is 1. The fourth-order valence-corrected chi connectivity index (χ4v) is 4.20. The van der Waals surface area contributed by atoms with Gasteiger partial charge in [-0.15, -0.1) is 0 Å². The SMILES string of the molecule is Cc1ccc2oc(-c3cc(NC(=O)/C=C/c4ccc(-c5ccc(Cl)cc5Cl)o4)ccc3C)nc2c1. The summed E-state index contributed by atoms with van der Waals surface area (Å²) in [6.45, 7) is 3.99. The number of nitrogens with zero attached hydrogens (tertiary/aromatic N) is 1. The second kappa shape index (κ2) is 9.45. The third-order valence-electron chi connectivity index (χ3n) is 5.50. The lowest BCUT2D eigenvalue weighted by atomic mass is 10.1. The molecule has 174 valence electrons. The minimum Gasteiger partial charge on any atom is -0.457 e. The number of aromatic nitrogens is 1. The summed E-state index contributed by atoms with van der Waals surface area (Å²) < 4.78 is 11.7. The molecular formula is C28H20Cl2N2O3. The summed E-state index contributed by atoms with van der Waals surface area (Å²) >= 11 is 12.2. The van der Waals surface area contributed by atoms with Gasteiger partial charge in [0.15, 0.2) is 5.58 Å². The molecular weight excluding hydrogens is 483 g/mol. The fourth-order valence-electron chi connectivity index (χ4n) is 3.70. The molecule has 5 rings (SSSR count). The van der Waals surface area contributed by atoms with Gasteiger partial charge >= 0.3 is 0 Å². The van der Waals surface area contributed by atoms with Gasteiger partial charge in [0.2, 0.25) is 11.8 Å². The number of benzene rings is 3. The third kappa shape index (κ3) is 5.02. The van der Waals surface area contributed by atoms with E-state index in [2.05, 4.69) is 10.3 Å². The number of furan rings is 1. The number of halogens is 2. The predicted molar refractivity (Wildman–Crippen MR) is 141 cm³/mol. The molecule has 1 N–H and O–H groups in total. The van der Waals surface area contributed by atoms with Crippen molar-refractivity contribution in [2.45, 2.75) is 13.8 Å². The number of hydrogen-bond donors (Lipinski definition) is 1. The Morgan fingerprint density at radius 1 is 0.914 bits per heavy atom. The summed E-state index contributed by atoms with van der Waals surface area (Å²) in [4.78, 5) is 17.2. The van der Waals surface area contributed by atoms with Crippen LogP contribution in [0.5, 0.6) is 0 Å². The van der Waals surface area contributed by atoms with Gasteiger partial charge in [0.1, 0.15) is 17.0 Å². The zero-order valence-corrected chi connectivity index (χ0v) is 20.4. The summed E-state index contributed by atoms with van der Waals surface area (Å²) in [5, 5.41) is 3.91. The van der Waals surface area contributed by atoms with E-state index < -0.39 is 0 Å². The molecule has 0 saturated heterocycles. The Morgan fingerprint density at radius 3 is 2.60 bits per heavy atom. The van der Waals surface area contributed by atoms with E-state index in [4.69, 9.17) is 32.0 Å². The average Bonchev–Trinajstić information content (AvgIpc) is 3.46. The Kier molecular flexibility index (Phi) is 6.20. The van der Waals surface area contributed by atoms with Crippen molar-refractivity contribution in [3.63, 3.8) is 0 Å². The van der Waals surface area contributed by atoms with Crippen LogP contribution in [-0.2, 0) is 4.79 Å². The molecule has 5 nitrogen and oxygen atoms in total. The van der Waals surface area contributed by atoms with Crippen molar-refractivity contribution in [2.75, 3.05) is 5.32 Å². The number of carbonyl (C=O) groups excluding carboxylic acids is 1. The molecule has 0 aliphatic heterocycles. The predicted octanol–water partition coefficient (Wildman–Crippen LogP) is 8.33. The van der Waals surface area contributed by atoms with Crippen LogP contribution in [0.2, 0.25) is 10.0 Å². The van der Waals surface area contributed by atoms with Crippen LogP contribution >= 0.6 is 23.2 Å². The van der Waals surface area contributed by atoms with Crippen LogP contribution in [0.4, 0.5) is 5.69 Å². The van der Waals surface area contributed by atoms with E-state index in [1.807, 2.05) is 50.2 Å². The monoisotopic (exact) mass is 502 g/mol. The fraction of sp³-hybridized carbons (Fsp3) is 0.0714. The smallest absolute Gasteiger partial charge is 0.248 e. The van der Waals surface area contributed by atoms with E-state index in [9.17, 15) is 4.79 Å². The van der Waals surface area contributed by atoms with Gasteiger partial charge in [-0.2, -0.15) is 0 Å². The largest absolute Gasteiger partial charge is 0.457 e. The first-order valence-corrected chi connectivity index (χ1v) is 11.6. The van der Waals surface area contributed by atoms with Gasteiger partial charge in [-0.3, -0.25) is 4.79 Å². The average molecular weight is 503 g/mol. The molecule has 2 heterocycles. The Labute approximate surface area is 212 Å². The molecule has 0 aliphatic rings. The van der Waals surface area contributed by atoms with Gasteiger partial charge in [0, 0.05) is 27.9 Å². The first kappa shape index (κ1) is 23.0. The Morgan fingerprint density at radius 2 is 1.77 bits per heavy atom. The molecule has 2 aromatic heterocycles. The Hall–Kier alpha value is -3.80. The first-order valence-electron chi connectivity index (χ1n) is 10.9. The lowest BCUT2D eigenvalue weighted by Crippen LogP contribution is -2.07. The molecule has 0 bridgehead atoms. The van der Waals surface area contributed by atoms with Gasteiger partial charge in [-0.05, 0) is 85.6 Å². The van der Waals surface area contributed by atoms with Crippen LogP contribution in [0.15, 0.2) is 81.6 Å². The minimum absolute atomic E-state index is 0.296. The topological polar surface area (TPSA) is 68.3 Å². The molecule has 0 fully saturated rings. The van der Waals surface area contributed by atoms with Crippen LogP contribution < -0.4 is 5.32 Å². The van der Waals surface area contributed by atoms with E-state index in [0.29, 0.717) is 33.1 Å². The maximum atomic E-state index is 12.6. The lowest BCUT2D eigenvalue weighted by molar-refractivity contribution is -0.111. The maximum Gasteiger partial charge on any atom is 0.248 e. The van der Waals surface area contributed by atoms with Crippen molar-refractivity contribution >= 4 is 52.0 Å². The van der Waals surface area contributed by atoms with Crippen LogP contribution in [-0.4, -0.2) is 10.9 Å². The number of anilines is 1. The van der Waals surface area contributed by atoms with E-state index in [1.165, 1.54) is 6.08 Å². The van der Waals surface area contributed by atoms with Crippen molar-refractivity contribution < 1.29 is 13.6 Å². The zero-order chi connectivity index (χ0) is 24.5. The van der Waals surface area contributed by atoms with Gasteiger partial charge in [0.25, 0.3) is 0 Å². The molecule has 3 aromatic carbocycles. The van der Waals surface area contributed by atoms with Crippen LogP contribution in [0.1, 0.15) is 16.9 Å². The van der Waals surface area contributed by atoms with Crippen LogP contribution in [0.3, 0.4) is 0 Å². The van der Waals surface area contributed by atoms with E-state index >= 15 is 0 Å². The number of nitrogens with one attached hydrogen (secondary N) is 1. The highest BCUT2D eigenvalue weighted by atomic mass is 35.5. The quantitative estimate of drug-likeness (QED) is 0.245. The number of hydrogen-bond acceptors (Lipinski definition) is 4. The highest BCUT2D eigenvalue weighted by molar-refractivity contribution is 6.36. The normalized spacial score (nSPS) is 11.4. The molecule has 7 heteroatoms. The number of carbonyl (C=O) groups is 1. The molecule has 35 heavy (non-hydrogen) atoms. The summed E-state index contributed by atoms with van der Waals surface area (Å²) in [5.41, 5.74) is 5.80. The minimum atomic E-state index is -0.296. The number of aryl methyl sites for hydroxylation is 2. The van der Waals surface area contributed by atoms with Crippen LogP contribution in [0, 0.1) is 13.8 Å². The summed E-state index contributed by atoms with van der Waals surface area (Å²) in [6.07, 6.45) is 3.01. The first-order chi connectivity index (χ1) is 16.9. The molecule has 0 saturated carbocycles. The number of fused-ring (bicyclic) bond motifs is 1. The second-order valence-electron chi connectivity index (χ2n) is 8.17.